The van der Waals surface area contributed by atoms with Gasteiger partial charge in [0.2, 0.25) is 0 Å². The van der Waals surface area contributed by atoms with E-state index < -0.39 is 0 Å². The SMILES string of the molecule is CN(C)c1cc(NC(=O)c2ccccc2Cl)c(Cl)cc1N. The molecule has 0 atom stereocenters. The molecule has 6 heteroatoms. The zero-order valence-electron chi connectivity index (χ0n) is 11.7. The molecule has 4 nitrogen and oxygen atoms in total. The Kier molecular flexibility index (Phi) is 4.60. The van der Waals surface area contributed by atoms with E-state index in [1.807, 2.05) is 19.0 Å². The summed E-state index contributed by atoms with van der Waals surface area (Å²) in [4.78, 5) is 14.1. The number of hydrogen-bond donors (Lipinski definition) is 2. The highest BCUT2D eigenvalue weighted by atomic mass is 35.5. The van der Waals surface area contributed by atoms with E-state index in [0.717, 1.165) is 5.69 Å². The molecule has 2 aromatic rings. The van der Waals surface area contributed by atoms with Gasteiger partial charge in [-0.1, -0.05) is 35.3 Å². The van der Waals surface area contributed by atoms with Crippen LogP contribution in [0.15, 0.2) is 36.4 Å². The Bertz CT molecular complexity index is 687. The molecule has 0 radical (unpaired) electrons. The third-order valence-corrected chi connectivity index (χ3v) is 3.61. The summed E-state index contributed by atoms with van der Waals surface area (Å²) >= 11 is 12.1. The highest BCUT2D eigenvalue weighted by Crippen LogP contribution is 2.33. The molecular weight excluding hydrogens is 309 g/mol. The highest BCUT2D eigenvalue weighted by molar-refractivity contribution is 6.36. The van der Waals surface area contributed by atoms with Crippen molar-refractivity contribution in [2.75, 3.05) is 30.0 Å². The van der Waals surface area contributed by atoms with Gasteiger partial charge in [0.1, 0.15) is 0 Å². The second-order valence-corrected chi connectivity index (χ2v) is 5.53. The number of benzene rings is 2. The van der Waals surface area contributed by atoms with Crippen molar-refractivity contribution in [3.8, 4) is 0 Å². The first-order valence-electron chi connectivity index (χ1n) is 6.22. The molecule has 3 N–H and O–H groups in total. The van der Waals surface area contributed by atoms with Gasteiger partial charge >= 0.3 is 0 Å². The van der Waals surface area contributed by atoms with Gasteiger partial charge in [0.15, 0.2) is 0 Å². The van der Waals surface area contributed by atoms with Gasteiger partial charge in [-0.3, -0.25) is 4.79 Å². The first-order chi connectivity index (χ1) is 9.90. The molecule has 0 aliphatic rings. The Morgan fingerprint density at radius 3 is 2.43 bits per heavy atom. The molecule has 0 aliphatic heterocycles. The lowest BCUT2D eigenvalue weighted by molar-refractivity contribution is 0.102. The molecule has 0 saturated heterocycles. The van der Waals surface area contributed by atoms with E-state index >= 15 is 0 Å². The summed E-state index contributed by atoms with van der Waals surface area (Å²) in [5.41, 5.74) is 8.08. The molecule has 21 heavy (non-hydrogen) atoms. The summed E-state index contributed by atoms with van der Waals surface area (Å²) < 4.78 is 0. The fourth-order valence-electron chi connectivity index (χ4n) is 1.90. The van der Waals surface area contributed by atoms with E-state index in [2.05, 4.69) is 5.32 Å². The van der Waals surface area contributed by atoms with Gasteiger partial charge in [-0.05, 0) is 24.3 Å². The molecule has 110 valence electrons. The predicted molar refractivity (Wildman–Crippen MR) is 89.6 cm³/mol. The quantitative estimate of drug-likeness (QED) is 0.842. The van der Waals surface area contributed by atoms with Crippen molar-refractivity contribution in [1.82, 2.24) is 0 Å². The van der Waals surface area contributed by atoms with Gasteiger partial charge in [-0.25, -0.2) is 0 Å². The lowest BCUT2D eigenvalue weighted by Gasteiger charge is -2.18. The fraction of sp³-hybridized carbons (Fsp3) is 0.133. The minimum Gasteiger partial charge on any atom is -0.397 e. The van der Waals surface area contributed by atoms with Crippen LogP contribution in [0.1, 0.15) is 10.4 Å². The topological polar surface area (TPSA) is 58.4 Å². The zero-order chi connectivity index (χ0) is 15.6. The van der Waals surface area contributed by atoms with E-state index in [1.54, 1.807) is 36.4 Å². The minimum atomic E-state index is -0.322. The molecule has 0 bridgehead atoms. The van der Waals surface area contributed by atoms with Crippen molar-refractivity contribution < 1.29 is 4.79 Å². The maximum Gasteiger partial charge on any atom is 0.257 e. The number of amides is 1. The van der Waals surface area contributed by atoms with Crippen molar-refractivity contribution in [2.45, 2.75) is 0 Å². The van der Waals surface area contributed by atoms with Gasteiger partial charge in [0.25, 0.3) is 5.91 Å². The molecule has 0 saturated carbocycles. The standard InChI is InChI=1S/C15H15Cl2N3O/c1-20(2)14-8-13(11(17)7-12(14)18)19-15(21)9-5-3-4-6-10(9)16/h3-8H,18H2,1-2H3,(H,19,21). The Balaban J connectivity index is 2.34. The number of rotatable bonds is 3. The minimum absolute atomic E-state index is 0.322. The summed E-state index contributed by atoms with van der Waals surface area (Å²) in [7, 11) is 3.72. The van der Waals surface area contributed by atoms with Crippen LogP contribution >= 0.6 is 23.2 Å². The Labute approximate surface area is 133 Å². The normalized spacial score (nSPS) is 10.3. The van der Waals surface area contributed by atoms with Crippen LogP contribution in [-0.2, 0) is 0 Å². The summed E-state index contributed by atoms with van der Waals surface area (Å²) in [5, 5.41) is 3.51. The molecule has 0 heterocycles. The van der Waals surface area contributed by atoms with Crippen molar-refractivity contribution in [1.29, 1.82) is 0 Å². The van der Waals surface area contributed by atoms with Crippen LogP contribution in [0.5, 0.6) is 0 Å². The first-order valence-corrected chi connectivity index (χ1v) is 6.98. The number of nitrogens with one attached hydrogen (secondary N) is 1. The number of nitrogen functional groups attached to an aromatic ring is 1. The number of anilines is 3. The van der Waals surface area contributed by atoms with Crippen molar-refractivity contribution in [3.05, 3.63) is 52.0 Å². The van der Waals surface area contributed by atoms with Crippen LogP contribution in [0.25, 0.3) is 0 Å². The average molecular weight is 324 g/mol. The average Bonchev–Trinajstić information content (AvgIpc) is 2.41. The van der Waals surface area contributed by atoms with Crippen LogP contribution in [0.3, 0.4) is 0 Å². The van der Waals surface area contributed by atoms with Gasteiger partial charge in [0.05, 0.1) is 32.7 Å². The number of carbonyl (C=O) groups excluding carboxylic acids is 1. The first kappa shape index (κ1) is 15.5. The number of carbonyl (C=O) groups is 1. The van der Waals surface area contributed by atoms with Gasteiger partial charge in [-0.2, -0.15) is 0 Å². The van der Waals surface area contributed by atoms with E-state index in [1.165, 1.54) is 0 Å². The number of halogens is 2. The van der Waals surface area contributed by atoms with Gasteiger partial charge in [0, 0.05) is 14.1 Å². The van der Waals surface area contributed by atoms with Gasteiger partial charge < -0.3 is 16.0 Å². The molecule has 0 fully saturated rings. The van der Waals surface area contributed by atoms with Crippen molar-refractivity contribution in [3.63, 3.8) is 0 Å². The summed E-state index contributed by atoms with van der Waals surface area (Å²) in [6.45, 7) is 0. The monoisotopic (exact) mass is 323 g/mol. The molecule has 0 unspecified atom stereocenters. The maximum absolute atomic E-state index is 12.3. The second-order valence-electron chi connectivity index (χ2n) is 4.72. The number of hydrogen-bond acceptors (Lipinski definition) is 3. The van der Waals surface area contributed by atoms with Crippen LogP contribution in [-0.4, -0.2) is 20.0 Å². The van der Waals surface area contributed by atoms with E-state index in [0.29, 0.717) is 27.0 Å². The van der Waals surface area contributed by atoms with E-state index in [-0.39, 0.29) is 5.91 Å². The zero-order valence-corrected chi connectivity index (χ0v) is 13.2. The molecule has 1 amide bonds. The summed E-state index contributed by atoms with van der Waals surface area (Å²) in [5.74, 6) is -0.322. The summed E-state index contributed by atoms with van der Waals surface area (Å²) in [6.07, 6.45) is 0. The Morgan fingerprint density at radius 1 is 1.14 bits per heavy atom. The Hall–Kier alpha value is -1.91. The molecular formula is C15H15Cl2N3O. The van der Waals surface area contributed by atoms with Crippen molar-refractivity contribution >= 4 is 46.2 Å². The molecule has 0 aliphatic carbocycles. The smallest absolute Gasteiger partial charge is 0.257 e. The predicted octanol–water partition coefficient (Wildman–Crippen LogP) is 3.89. The Morgan fingerprint density at radius 2 is 1.81 bits per heavy atom. The molecule has 2 rings (SSSR count). The molecule has 0 spiro atoms. The molecule has 0 aromatic heterocycles. The van der Waals surface area contributed by atoms with E-state index in [4.69, 9.17) is 28.9 Å². The second kappa shape index (κ2) is 6.24. The van der Waals surface area contributed by atoms with Crippen molar-refractivity contribution in [2.24, 2.45) is 0 Å². The fourth-order valence-corrected chi connectivity index (χ4v) is 2.34. The van der Waals surface area contributed by atoms with Crippen LogP contribution in [0.4, 0.5) is 17.1 Å². The van der Waals surface area contributed by atoms with E-state index in [9.17, 15) is 4.79 Å². The largest absolute Gasteiger partial charge is 0.397 e. The van der Waals surface area contributed by atoms with Gasteiger partial charge in [-0.15, -0.1) is 0 Å². The van der Waals surface area contributed by atoms with Crippen LogP contribution in [0, 0.1) is 0 Å². The van der Waals surface area contributed by atoms with Crippen LogP contribution in [0.2, 0.25) is 10.0 Å². The maximum atomic E-state index is 12.3. The highest BCUT2D eigenvalue weighted by Gasteiger charge is 2.14. The number of nitrogens with two attached hydrogens (primary N) is 1. The number of nitrogens with zero attached hydrogens (tertiary/aromatic N) is 1. The van der Waals surface area contributed by atoms with Crippen LogP contribution < -0.4 is 16.0 Å². The lowest BCUT2D eigenvalue weighted by atomic mass is 10.2. The molecule has 2 aromatic carbocycles. The third-order valence-electron chi connectivity index (χ3n) is 2.96. The summed E-state index contributed by atoms with van der Waals surface area (Å²) in [6, 6.07) is 10.2. The third kappa shape index (κ3) is 3.40. The lowest BCUT2D eigenvalue weighted by Crippen LogP contribution is -2.15.